The first-order chi connectivity index (χ1) is 8.16. The molecule has 90 valence electrons. The van der Waals surface area contributed by atoms with Gasteiger partial charge in [-0.05, 0) is 24.5 Å². The number of pyridine rings is 1. The maximum atomic E-state index is 11.0. The fourth-order valence-electron chi connectivity index (χ4n) is 1.92. The molecule has 5 heteroatoms. The molecule has 1 aliphatic heterocycles. The van der Waals surface area contributed by atoms with Gasteiger partial charge < -0.3 is 10.0 Å². The van der Waals surface area contributed by atoms with Gasteiger partial charge in [0.15, 0.2) is 0 Å². The lowest BCUT2D eigenvalue weighted by Crippen LogP contribution is -2.19. The van der Waals surface area contributed by atoms with Crippen LogP contribution in [0.3, 0.4) is 0 Å². The third-order valence-corrected chi connectivity index (χ3v) is 2.84. The van der Waals surface area contributed by atoms with Crippen LogP contribution in [0.15, 0.2) is 18.3 Å². The van der Waals surface area contributed by atoms with Crippen LogP contribution < -0.4 is 4.90 Å². The Labute approximate surface area is 99.1 Å². The highest BCUT2D eigenvalue weighted by Crippen LogP contribution is 2.17. The number of hydrogen-bond donors (Lipinski definition) is 1. The number of aromatic nitrogens is 1. The number of carbonyl (C=O) groups is 2. The Morgan fingerprint density at radius 1 is 1.29 bits per heavy atom. The van der Waals surface area contributed by atoms with Crippen LogP contribution >= 0.6 is 0 Å². The number of hydrogen-bond acceptors (Lipinski definition) is 4. The molecule has 1 aromatic rings. The molecule has 1 saturated heterocycles. The summed E-state index contributed by atoms with van der Waals surface area (Å²) in [6, 6.07) is 3.61. The van der Waals surface area contributed by atoms with E-state index in [0.29, 0.717) is 5.56 Å². The van der Waals surface area contributed by atoms with E-state index in [1.165, 1.54) is 12.8 Å². The Balaban J connectivity index is 2.02. The second kappa shape index (κ2) is 4.95. The Hall–Kier alpha value is -1.91. The van der Waals surface area contributed by atoms with Crippen molar-refractivity contribution in [3.8, 4) is 0 Å². The van der Waals surface area contributed by atoms with E-state index in [2.05, 4.69) is 9.88 Å². The third kappa shape index (κ3) is 2.81. The summed E-state index contributed by atoms with van der Waals surface area (Å²) < 4.78 is 0. The van der Waals surface area contributed by atoms with E-state index in [9.17, 15) is 9.59 Å². The summed E-state index contributed by atoms with van der Waals surface area (Å²) in [4.78, 5) is 27.9. The number of carbonyl (C=O) groups excluding carboxylic acids is 1. The molecular weight excluding hydrogens is 220 g/mol. The molecule has 0 saturated carbocycles. The number of anilines is 1. The van der Waals surface area contributed by atoms with E-state index < -0.39 is 11.8 Å². The van der Waals surface area contributed by atoms with Gasteiger partial charge in [-0.3, -0.25) is 4.79 Å². The minimum atomic E-state index is -1.39. The fraction of sp³-hybridized carbons (Fsp3) is 0.417. The molecule has 17 heavy (non-hydrogen) atoms. The van der Waals surface area contributed by atoms with Crippen molar-refractivity contribution in [1.29, 1.82) is 0 Å². The summed E-state index contributed by atoms with van der Waals surface area (Å²) >= 11 is 0. The van der Waals surface area contributed by atoms with Crippen LogP contribution in [0.25, 0.3) is 0 Å². The van der Waals surface area contributed by atoms with Gasteiger partial charge in [0, 0.05) is 25.7 Å². The summed E-state index contributed by atoms with van der Waals surface area (Å²) in [5, 5.41) is 8.49. The van der Waals surface area contributed by atoms with Gasteiger partial charge >= 0.3 is 5.97 Å². The minimum Gasteiger partial charge on any atom is -0.475 e. The zero-order chi connectivity index (χ0) is 12.3. The first kappa shape index (κ1) is 11.6. The van der Waals surface area contributed by atoms with Crippen LogP contribution in [0.5, 0.6) is 0 Å². The van der Waals surface area contributed by atoms with Gasteiger partial charge in [-0.15, -0.1) is 0 Å². The molecule has 2 heterocycles. The van der Waals surface area contributed by atoms with Crippen molar-refractivity contribution >= 4 is 17.6 Å². The van der Waals surface area contributed by atoms with E-state index in [-0.39, 0.29) is 6.42 Å². The Morgan fingerprint density at radius 3 is 2.53 bits per heavy atom. The molecule has 5 nitrogen and oxygen atoms in total. The summed E-state index contributed by atoms with van der Waals surface area (Å²) in [5.41, 5.74) is 0.639. The molecule has 0 radical (unpaired) electrons. The van der Waals surface area contributed by atoms with Crippen LogP contribution in [0.2, 0.25) is 0 Å². The predicted octanol–water partition coefficient (Wildman–Crippen LogP) is 0.878. The maximum absolute atomic E-state index is 11.0. The summed E-state index contributed by atoms with van der Waals surface area (Å²) in [6.07, 6.45) is 3.85. The average molecular weight is 234 g/mol. The molecule has 0 atom stereocenters. The molecule has 0 aliphatic carbocycles. The standard InChI is InChI=1S/C12H14N2O3/c15-10(12(16)17)7-9-3-4-11(13-8-9)14-5-1-2-6-14/h3-4,8H,1-2,5-7H2,(H,16,17). The van der Waals surface area contributed by atoms with Crippen LogP contribution in [0, 0.1) is 0 Å². The molecule has 0 bridgehead atoms. The quantitative estimate of drug-likeness (QED) is 0.783. The van der Waals surface area contributed by atoms with E-state index in [1.807, 2.05) is 6.07 Å². The van der Waals surface area contributed by atoms with Crippen molar-refractivity contribution in [1.82, 2.24) is 4.98 Å². The van der Waals surface area contributed by atoms with Crippen molar-refractivity contribution in [2.75, 3.05) is 18.0 Å². The number of Topliss-reactive ketones (excluding diaryl/α,β-unsaturated/α-hetero) is 1. The van der Waals surface area contributed by atoms with Crippen molar-refractivity contribution in [3.05, 3.63) is 23.9 Å². The summed E-state index contributed by atoms with van der Waals surface area (Å²) in [7, 11) is 0. The van der Waals surface area contributed by atoms with E-state index >= 15 is 0 Å². The highest BCUT2D eigenvalue weighted by molar-refractivity contribution is 6.33. The van der Waals surface area contributed by atoms with Crippen molar-refractivity contribution in [3.63, 3.8) is 0 Å². The number of aliphatic carboxylic acids is 1. The van der Waals surface area contributed by atoms with E-state index in [4.69, 9.17) is 5.11 Å². The normalized spacial score (nSPS) is 14.9. The topological polar surface area (TPSA) is 70.5 Å². The van der Waals surface area contributed by atoms with Gasteiger partial charge in [-0.1, -0.05) is 6.07 Å². The van der Waals surface area contributed by atoms with Gasteiger partial charge in [-0.2, -0.15) is 0 Å². The molecule has 1 aliphatic rings. The van der Waals surface area contributed by atoms with E-state index in [0.717, 1.165) is 18.9 Å². The lowest BCUT2D eigenvalue weighted by molar-refractivity contribution is -0.148. The van der Waals surface area contributed by atoms with Gasteiger partial charge in [-0.25, -0.2) is 9.78 Å². The second-order valence-corrected chi connectivity index (χ2v) is 4.12. The molecule has 1 fully saturated rings. The highest BCUT2D eigenvalue weighted by atomic mass is 16.4. The largest absolute Gasteiger partial charge is 0.475 e. The molecule has 1 aromatic heterocycles. The summed E-state index contributed by atoms with van der Waals surface area (Å²) in [5.74, 6) is -1.30. The fourth-order valence-corrected chi connectivity index (χ4v) is 1.92. The number of nitrogens with zero attached hydrogens (tertiary/aromatic N) is 2. The molecule has 2 rings (SSSR count). The molecular formula is C12H14N2O3. The molecule has 0 amide bonds. The zero-order valence-corrected chi connectivity index (χ0v) is 9.43. The SMILES string of the molecule is O=C(O)C(=O)Cc1ccc(N2CCCC2)nc1. The van der Waals surface area contributed by atoms with Gasteiger partial charge in [0.2, 0.25) is 5.78 Å². The minimum absolute atomic E-state index is 0.0946. The first-order valence-electron chi connectivity index (χ1n) is 5.63. The molecule has 0 aromatic carbocycles. The van der Waals surface area contributed by atoms with Crippen LogP contribution in [-0.4, -0.2) is 34.9 Å². The lowest BCUT2D eigenvalue weighted by atomic mass is 10.1. The zero-order valence-electron chi connectivity index (χ0n) is 9.43. The monoisotopic (exact) mass is 234 g/mol. The van der Waals surface area contributed by atoms with Gasteiger partial charge in [0.1, 0.15) is 5.82 Å². The third-order valence-electron chi connectivity index (χ3n) is 2.84. The number of ketones is 1. The lowest BCUT2D eigenvalue weighted by Gasteiger charge is -2.15. The number of rotatable bonds is 4. The van der Waals surface area contributed by atoms with Gasteiger partial charge in [0.05, 0.1) is 0 Å². The number of carboxylic acids is 1. The van der Waals surface area contributed by atoms with Crippen LogP contribution in [0.4, 0.5) is 5.82 Å². The van der Waals surface area contributed by atoms with Crippen LogP contribution in [0.1, 0.15) is 18.4 Å². The Morgan fingerprint density at radius 2 is 2.00 bits per heavy atom. The van der Waals surface area contributed by atoms with E-state index in [1.54, 1.807) is 12.3 Å². The second-order valence-electron chi connectivity index (χ2n) is 4.12. The number of carboxylic acid groups (broad SMARTS) is 1. The van der Waals surface area contributed by atoms with Gasteiger partial charge in [0.25, 0.3) is 0 Å². The maximum Gasteiger partial charge on any atom is 0.372 e. The molecule has 1 N–H and O–H groups in total. The Bertz CT molecular complexity index is 422. The van der Waals surface area contributed by atoms with Crippen LogP contribution in [-0.2, 0) is 16.0 Å². The smallest absolute Gasteiger partial charge is 0.372 e. The predicted molar refractivity (Wildman–Crippen MR) is 62.0 cm³/mol. The molecule has 0 spiro atoms. The summed E-state index contributed by atoms with van der Waals surface area (Å²) in [6.45, 7) is 2.03. The average Bonchev–Trinajstić information content (AvgIpc) is 2.83. The molecule has 0 unspecified atom stereocenters. The highest BCUT2D eigenvalue weighted by Gasteiger charge is 2.15. The Kier molecular flexibility index (Phi) is 3.37. The van der Waals surface area contributed by atoms with Crippen molar-refractivity contribution < 1.29 is 14.7 Å². The van der Waals surface area contributed by atoms with Crippen molar-refractivity contribution in [2.24, 2.45) is 0 Å². The first-order valence-corrected chi connectivity index (χ1v) is 5.63. The van der Waals surface area contributed by atoms with Crippen molar-refractivity contribution in [2.45, 2.75) is 19.3 Å².